The van der Waals surface area contributed by atoms with Gasteiger partial charge in [-0.05, 0) is 12.8 Å². The Morgan fingerprint density at radius 3 is 2.67 bits per heavy atom. The van der Waals surface area contributed by atoms with Crippen molar-refractivity contribution in [2.75, 3.05) is 7.11 Å². The number of nitrogens with one attached hydrogen (secondary N) is 1. The number of imidazole rings is 1. The Balaban J connectivity index is 2.63. The number of aromatic nitrogens is 2. The van der Waals surface area contributed by atoms with Gasteiger partial charge in [0.2, 0.25) is 0 Å². The van der Waals surface area contributed by atoms with Crippen molar-refractivity contribution < 1.29 is 9.53 Å². The van der Waals surface area contributed by atoms with Crippen molar-refractivity contribution in [3.05, 3.63) is 17.2 Å². The maximum Gasteiger partial charge on any atom is 0.305 e. The lowest BCUT2D eigenvalue weighted by atomic mass is 10.1. The van der Waals surface area contributed by atoms with Crippen LogP contribution in [0.15, 0.2) is 0 Å². The van der Waals surface area contributed by atoms with E-state index in [0.29, 0.717) is 18.8 Å². The fraction of sp³-hybridized carbons (Fsp3) is 0.636. The summed E-state index contributed by atoms with van der Waals surface area (Å²) in [7, 11) is 1.40. The lowest BCUT2D eigenvalue weighted by molar-refractivity contribution is -0.140. The van der Waals surface area contributed by atoms with Gasteiger partial charge in [-0.25, -0.2) is 4.98 Å². The summed E-state index contributed by atoms with van der Waals surface area (Å²) in [5.74, 6) is 1.07. The zero-order valence-corrected chi connectivity index (χ0v) is 9.76. The van der Waals surface area contributed by atoms with Gasteiger partial charge >= 0.3 is 5.97 Å². The smallest absolute Gasteiger partial charge is 0.305 e. The summed E-state index contributed by atoms with van der Waals surface area (Å²) in [6.45, 7) is 6.21. The number of nitrogens with zero attached hydrogens (tertiary/aromatic N) is 1. The number of carbonyl (C=O) groups excluding carboxylic acids is 1. The summed E-state index contributed by atoms with van der Waals surface area (Å²) >= 11 is 0. The summed E-state index contributed by atoms with van der Waals surface area (Å²) in [5, 5.41) is 0. The maximum atomic E-state index is 10.9. The van der Waals surface area contributed by atoms with Crippen LogP contribution in [-0.4, -0.2) is 23.0 Å². The predicted molar refractivity (Wildman–Crippen MR) is 57.8 cm³/mol. The molecule has 1 rings (SSSR count). The van der Waals surface area contributed by atoms with Crippen LogP contribution in [-0.2, 0) is 16.0 Å². The average molecular weight is 210 g/mol. The van der Waals surface area contributed by atoms with Crippen molar-refractivity contribution in [2.45, 2.75) is 39.5 Å². The third-order valence-electron chi connectivity index (χ3n) is 2.31. The zero-order chi connectivity index (χ0) is 11.4. The second kappa shape index (κ2) is 4.96. The molecule has 0 aliphatic heterocycles. The van der Waals surface area contributed by atoms with E-state index in [-0.39, 0.29) is 5.97 Å². The molecule has 1 heterocycles. The fourth-order valence-electron chi connectivity index (χ4n) is 1.54. The van der Waals surface area contributed by atoms with Crippen molar-refractivity contribution >= 4 is 5.97 Å². The van der Waals surface area contributed by atoms with E-state index >= 15 is 0 Å². The normalized spacial score (nSPS) is 10.7. The largest absolute Gasteiger partial charge is 0.469 e. The van der Waals surface area contributed by atoms with Gasteiger partial charge in [-0.15, -0.1) is 0 Å². The lowest BCUT2D eigenvalue weighted by Gasteiger charge is -1.99. The first-order valence-corrected chi connectivity index (χ1v) is 5.16. The van der Waals surface area contributed by atoms with Crippen LogP contribution in [0.4, 0.5) is 0 Å². The minimum atomic E-state index is -0.199. The van der Waals surface area contributed by atoms with Crippen LogP contribution in [0.2, 0.25) is 0 Å². The van der Waals surface area contributed by atoms with Crippen molar-refractivity contribution in [1.29, 1.82) is 0 Å². The number of aromatic amines is 1. The quantitative estimate of drug-likeness (QED) is 0.773. The summed E-state index contributed by atoms with van der Waals surface area (Å²) < 4.78 is 4.58. The molecule has 0 radical (unpaired) electrons. The maximum absolute atomic E-state index is 10.9. The molecule has 0 aliphatic rings. The van der Waals surface area contributed by atoms with E-state index in [4.69, 9.17) is 0 Å². The van der Waals surface area contributed by atoms with Crippen LogP contribution in [0.5, 0.6) is 0 Å². The minimum Gasteiger partial charge on any atom is -0.469 e. The van der Waals surface area contributed by atoms with Gasteiger partial charge in [-0.2, -0.15) is 0 Å². The number of H-pyrrole nitrogens is 1. The third-order valence-corrected chi connectivity index (χ3v) is 2.31. The highest BCUT2D eigenvalue weighted by Crippen LogP contribution is 2.16. The number of carbonyl (C=O) groups is 1. The number of esters is 1. The highest BCUT2D eigenvalue weighted by atomic mass is 16.5. The molecule has 0 saturated heterocycles. The molecule has 4 nitrogen and oxygen atoms in total. The molecule has 1 aromatic rings. The molecule has 0 aliphatic carbocycles. The molecule has 0 amide bonds. The molecule has 0 atom stereocenters. The highest BCUT2D eigenvalue weighted by Gasteiger charge is 2.11. The van der Waals surface area contributed by atoms with Gasteiger partial charge in [-0.3, -0.25) is 4.79 Å². The first-order chi connectivity index (χ1) is 7.04. The lowest BCUT2D eigenvalue weighted by Crippen LogP contribution is -2.02. The van der Waals surface area contributed by atoms with Crippen molar-refractivity contribution in [2.24, 2.45) is 0 Å². The van der Waals surface area contributed by atoms with E-state index in [9.17, 15) is 4.79 Å². The Morgan fingerprint density at radius 2 is 2.20 bits per heavy atom. The Labute approximate surface area is 90.1 Å². The molecule has 1 N–H and O–H groups in total. The van der Waals surface area contributed by atoms with E-state index in [1.54, 1.807) is 0 Å². The van der Waals surface area contributed by atoms with E-state index in [2.05, 4.69) is 28.6 Å². The molecule has 0 bridgehead atoms. The average Bonchev–Trinajstić information content (AvgIpc) is 2.56. The molecule has 84 valence electrons. The molecule has 15 heavy (non-hydrogen) atoms. The number of rotatable bonds is 4. The van der Waals surface area contributed by atoms with Crippen LogP contribution in [0.25, 0.3) is 0 Å². The molecule has 0 spiro atoms. The van der Waals surface area contributed by atoms with Gasteiger partial charge in [0.1, 0.15) is 5.82 Å². The van der Waals surface area contributed by atoms with Gasteiger partial charge < -0.3 is 9.72 Å². The van der Waals surface area contributed by atoms with Crippen LogP contribution < -0.4 is 0 Å². The van der Waals surface area contributed by atoms with Gasteiger partial charge in [0, 0.05) is 12.1 Å². The topological polar surface area (TPSA) is 55.0 Å². The molecule has 0 aromatic carbocycles. The zero-order valence-electron chi connectivity index (χ0n) is 9.76. The van der Waals surface area contributed by atoms with Gasteiger partial charge in [0.05, 0.1) is 19.2 Å². The van der Waals surface area contributed by atoms with Crippen LogP contribution in [0.1, 0.15) is 43.4 Å². The second-order valence-electron chi connectivity index (χ2n) is 3.92. The van der Waals surface area contributed by atoms with Crippen molar-refractivity contribution in [3.63, 3.8) is 0 Å². The molecule has 0 fully saturated rings. The monoisotopic (exact) mass is 210 g/mol. The number of hydrogen-bond donors (Lipinski definition) is 1. The Hall–Kier alpha value is -1.32. The van der Waals surface area contributed by atoms with E-state index < -0.39 is 0 Å². The molecular weight excluding hydrogens is 192 g/mol. The van der Waals surface area contributed by atoms with Crippen molar-refractivity contribution in [1.82, 2.24) is 9.97 Å². The van der Waals surface area contributed by atoms with E-state index in [1.165, 1.54) is 7.11 Å². The SMILES string of the molecule is COC(=O)CCc1nc(C(C)C)c(C)[nH]1. The van der Waals surface area contributed by atoms with Crippen LogP contribution in [0, 0.1) is 6.92 Å². The van der Waals surface area contributed by atoms with Crippen LogP contribution in [0.3, 0.4) is 0 Å². The first-order valence-electron chi connectivity index (χ1n) is 5.16. The Morgan fingerprint density at radius 1 is 1.53 bits per heavy atom. The van der Waals surface area contributed by atoms with E-state index in [0.717, 1.165) is 17.2 Å². The fourth-order valence-corrected chi connectivity index (χ4v) is 1.54. The van der Waals surface area contributed by atoms with E-state index in [1.807, 2.05) is 6.92 Å². The van der Waals surface area contributed by atoms with Gasteiger partial charge in [-0.1, -0.05) is 13.8 Å². The van der Waals surface area contributed by atoms with Gasteiger partial charge in [0.25, 0.3) is 0 Å². The number of methoxy groups -OCH3 is 1. The van der Waals surface area contributed by atoms with Crippen LogP contribution >= 0.6 is 0 Å². The summed E-state index contributed by atoms with van der Waals surface area (Å²) in [4.78, 5) is 18.6. The second-order valence-corrected chi connectivity index (χ2v) is 3.92. The highest BCUT2D eigenvalue weighted by molar-refractivity contribution is 5.69. The number of aryl methyl sites for hydroxylation is 2. The first kappa shape index (κ1) is 11.8. The number of hydrogen-bond acceptors (Lipinski definition) is 3. The molecule has 4 heteroatoms. The molecular formula is C11H18N2O2. The summed E-state index contributed by atoms with van der Waals surface area (Å²) in [6.07, 6.45) is 0.987. The Kier molecular flexibility index (Phi) is 3.88. The Bertz CT molecular complexity index is 342. The number of ether oxygens (including phenoxy) is 1. The summed E-state index contributed by atoms with van der Waals surface area (Å²) in [5.41, 5.74) is 2.17. The predicted octanol–water partition coefficient (Wildman–Crippen LogP) is 1.95. The molecule has 1 aromatic heterocycles. The standard InChI is InChI=1S/C11H18N2O2/c1-7(2)11-8(3)12-9(13-11)5-6-10(14)15-4/h7H,5-6H2,1-4H3,(H,12,13). The minimum absolute atomic E-state index is 0.199. The van der Waals surface area contributed by atoms with Gasteiger partial charge in [0.15, 0.2) is 0 Å². The third kappa shape index (κ3) is 3.08. The molecule has 0 saturated carbocycles. The summed E-state index contributed by atoms with van der Waals surface area (Å²) in [6, 6.07) is 0. The van der Waals surface area contributed by atoms with Crippen molar-refractivity contribution in [3.8, 4) is 0 Å². The molecule has 0 unspecified atom stereocenters.